The van der Waals surface area contributed by atoms with E-state index in [-0.39, 0.29) is 5.91 Å². The van der Waals surface area contributed by atoms with Gasteiger partial charge >= 0.3 is 0 Å². The molecule has 0 fully saturated rings. The maximum absolute atomic E-state index is 12.3. The molecule has 1 aliphatic heterocycles. The number of carbonyl (C=O) groups is 1. The molecule has 0 N–H and O–H groups in total. The number of nitrogens with zero attached hydrogens (tertiary/aromatic N) is 1. The minimum Gasteiger partial charge on any atom is -0.378 e. The van der Waals surface area contributed by atoms with E-state index >= 15 is 0 Å². The van der Waals surface area contributed by atoms with E-state index in [0.717, 1.165) is 30.5 Å². The lowest BCUT2D eigenvalue weighted by Crippen LogP contribution is -2.34. The van der Waals surface area contributed by atoms with Gasteiger partial charge in [-0.2, -0.15) is 0 Å². The van der Waals surface area contributed by atoms with E-state index in [9.17, 15) is 4.79 Å². The Kier molecular flexibility index (Phi) is 5.02. The van der Waals surface area contributed by atoms with Crippen molar-refractivity contribution in [2.45, 2.75) is 12.8 Å². The van der Waals surface area contributed by atoms with Gasteiger partial charge in [0, 0.05) is 24.5 Å². The summed E-state index contributed by atoms with van der Waals surface area (Å²) in [5.74, 6) is 0.620. The van der Waals surface area contributed by atoms with Gasteiger partial charge in [0.05, 0.1) is 13.2 Å². The van der Waals surface area contributed by atoms with Gasteiger partial charge in [0.15, 0.2) is 0 Å². The van der Waals surface area contributed by atoms with E-state index in [1.807, 2.05) is 29.2 Å². The molecule has 1 heterocycles. The summed E-state index contributed by atoms with van der Waals surface area (Å²) in [5, 5.41) is 0. The van der Waals surface area contributed by atoms with Crippen LogP contribution >= 0.6 is 11.6 Å². The van der Waals surface area contributed by atoms with Crippen LogP contribution < -0.4 is 0 Å². The molecule has 18 heavy (non-hydrogen) atoms. The Morgan fingerprint density at radius 3 is 2.94 bits per heavy atom. The molecule has 1 aromatic rings. The van der Waals surface area contributed by atoms with E-state index in [1.165, 1.54) is 0 Å². The molecule has 0 aliphatic carbocycles. The third kappa shape index (κ3) is 3.24. The van der Waals surface area contributed by atoms with E-state index in [1.54, 1.807) is 0 Å². The van der Waals surface area contributed by atoms with Gasteiger partial charge in [0.2, 0.25) is 0 Å². The van der Waals surface area contributed by atoms with Crippen molar-refractivity contribution in [2.75, 3.05) is 32.2 Å². The molecule has 0 unspecified atom stereocenters. The number of rotatable bonds is 5. The number of benzene rings is 1. The highest BCUT2D eigenvalue weighted by atomic mass is 35.5. The third-order valence-corrected chi connectivity index (χ3v) is 3.29. The highest BCUT2D eigenvalue weighted by Gasteiger charge is 2.21. The Hall–Kier alpha value is -1.06. The zero-order chi connectivity index (χ0) is 12.8. The minimum atomic E-state index is 0.123. The quantitative estimate of drug-likeness (QED) is 0.605. The first-order valence-electron chi connectivity index (χ1n) is 6.34. The second kappa shape index (κ2) is 6.76. The van der Waals surface area contributed by atoms with Gasteiger partial charge in [-0.1, -0.05) is 18.2 Å². The molecule has 3 nitrogen and oxygen atoms in total. The van der Waals surface area contributed by atoms with Crippen LogP contribution in [0.3, 0.4) is 0 Å². The Labute approximate surface area is 113 Å². The minimum absolute atomic E-state index is 0.123. The summed E-state index contributed by atoms with van der Waals surface area (Å²) in [7, 11) is 0. The number of amides is 1. The van der Waals surface area contributed by atoms with Crippen LogP contribution in [-0.2, 0) is 11.2 Å². The van der Waals surface area contributed by atoms with Crippen molar-refractivity contribution < 1.29 is 9.53 Å². The molecular formula is C14H18ClNO2. The predicted octanol–water partition coefficient (Wildman–Crippen LogP) is 2.33. The molecule has 1 aliphatic rings. The Balaban J connectivity index is 1.99. The number of halogens is 1. The number of aryl methyl sites for hydroxylation is 1. The summed E-state index contributed by atoms with van der Waals surface area (Å²) in [6, 6.07) is 7.87. The van der Waals surface area contributed by atoms with Gasteiger partial charge in [-0.25, -0.2) is 0 Å². The first-order valence-corrected chi connectivity index (χ1v) is 6.87. The molecule has 2 rings (SSSR count). The number of carbonyl (C=O) groups excluding carboxylic acids is 1. The fourth-order valence-corrected chi connectivity index (χ4v) is 2.33. The SMILES string of the molecule is O=C1c2ccccc2CCCN1CCOCCCl. The smallest absolute Gasteiger partial charge is 0.254 e. The van der Waals surface area contributed by atoms with Crippen LogP contribution in [-0.4, -0.2) is 43.0 Å². The highest BCUT2D eigenvalue weighted by Crippen LogP contribution is 2.18. The average molecular weight is 268 g/mol. The highest BCUT2D eigenvalue weighted by molar-refractivity contribution is 6.17. The Bertz CT molecular complexity index is 409. The van der Waals surface area contributed by atoms with Crippen LogP contribution in [0.25, 0.3) is 0 Å². The summed E-state index contributed by atoms with van der Waals surface area (Å²) in [5.41, 5.74) is 2.00. The lowest BCUT2D eigenvalue weighted by molar-refractivity contribution is 0.0665. The molecule has 4 heteroatoms. The molecule has 0 aromatic heterocycles. The largest absolute Gasteiger partial charge is 0.378 e. The van der Waals surface area contributed by atoms with Crippen molar-refractivity contribution in [3.63, 3.8) is 0 Å². The summed E-state index contributed by atoms with van der Waals surface area (Å²) in [6.45, 7) is 2.54. The topological polar surface area (TPSA) is 29.5 Å². The monoisotopic (exact) mass is 267 g/mol. The molecule has 1 aromatic carbocycles. The summed E-state index contributed by atoms with van der Waals surface area (Å²) < 4.78 is 5.34. The number of hydrogen-bond acceptors (Lipinski definition) is 2. The zero-order valence-electron chi connectivity index (χ0n) is 10.4. The van der Waals surface area contributed by atoms with E-state index in [4.69, 9.17) is 16.3 Å². The van der Waals surface area contributed by atoms with Gasteiger partial charge in [0.25, 0.3) is 5.91 Å². The maximum atomic E-state index is 12.3. The van der Waals surface area contributed by atoms with Gasteiger partial charge in [-0.3, -0.25) is 4.79 Å². The molecule has 0 saturated heterocycles. The van der Waals surface area contributed by atoms with Gasteiger partial charge in [-0.15, -0.1) is 11.6 Å². The van der Waals surface area contributed by atoms with Crippen LogP contribution in [0.1, 0.15) is 22.3 Å². The van der Waals surface area contributed by atoms with Crippen molar-refractivity contribution in [3.8, 4) is 0 Å². The Morgan fingerprint density at radius 1 is 1.28 bits per heavy atom. The molecule has 0 radical (unpaired) electrons. The lowest BCUT2D eigenvalue weighted by Gasteiger charge is -2.20. The number of fused-ring (bicyclic) bond motifs is 1. The van der Waals surface area contributed by atoms with Crippen molar-refractivity contribution >= 4 is 17.5 Å². The molecule has 0 spiro atoms. The molecule has 1 amide bonds. The molecule has 0 saturated carbocycles. The van der Waals surface area contributed by atoms with E-state index in [2.05, 4.69) is 0 Å². The molecular weight excluding hydrogens is 250 g/mol. The lowest BCUT2D eigenvalue weighted by atomic mass is 10.0. The van der Waals surface area contributed by atoms with E-state index in [0.29, 0.717) is 25.6 Å². The van der Waals surface area contributed by atoms with Gasteiger partial charge < -0.3 is 9.64 Å². The van der Waals surface area contributed by atoms with Crippen LogP contribution in [0.5, 0.6) is 0 Å². The van der Waals surface area contributed by atoms with Crippen molar-refractivity contribution in [1.82, 2.24) is 4.90 Å². The second-order valence-corrected chi connectivity index (χ2v) is 4.73. The summed E-state index contributed by atoms with van der Waals surface area (Å²) >= 11 is 5.54. The van der Waals surface area contributed by atoms with Crippen molar-refractivity contribution in [2.24, 2.45) is 0 Å². The predicted molar refractivity (Wildman–Crippen MR) is 72.2 cm³/mol. The number of ether oxygens (including phenoxy) is 1. The van der Waals surface area contributed by atoms with E-state index < -0.39 is 0 Å². The first-order chi connectivity index (χ1) is 8.83. The molecule has 98 valence electrons. The van der Waals surface area contributed by atoms with Crippen molar-refractivity contribution in [1.29, 1.82) is 0 Å². The third-order valence-electron chi connectivity index (χ3n) is 3.14. The average Bonchev–Trinajstić information content (AvgIpc) is 2.56. The number of hydrogen-bond donors (Lipinski definition) is 0. The maximum Gasteiger partial charge on any atom is 0.254 e. The fourth-order valence-electron chi connectivity index (χ4n) is 2.22. The summed E-state index contributed by atoms with van der Waals surface area (Å²) in [6.07, 6.45) is 1.99. The summed E-state index contributed by atoms with van der Waals surface area (Å²) in [4.78, 5) is 14.2. The fraction of sp³-hybridized carbons (Fsp3) is 0.500. The van der Waals surface area contributed by atoms with Crippen molar-refractivity contribution in [3.05, 3.63) is 35.4 Å². The van der Waals surface area contributed by atoms with Crippen LogP contribution in [0.15, 0.2) is 24.3 Å². The van der Waals surface area contributed by atoms with Gasteiger partial charge in [0.1, 0.15) is 0 Å². The second-order valence-electron chi connectivity index (χ2n) is 4.35. The molecule has 0 bridgehead atoms. The zero-order valence-corrected chi connectivity index (χ0v) is 11.2. The number of alkyl halides is 1. The Morgan fingerprint density at radius 2 is 2.11 bits per heavy atom. The van der Waals surface area contributed by atoms with Crippen LogP contribution in [0.4, 0.5) is 0 Å². The standard InChI is InChI=1S/C14H18ClNO2/c15-7-10-18-11-9-16-8-3-5-12-4-1-2-6-13(12)14(16)17/h1-2,4,6H,3,5,7-11H2. The first kappa shape index (κ1) is 13.4. The van der Waals surface area contributed by atoms with Gasteiger partial charge in [-0.05, 0) is 24.5 Å². The normalized spacial score (nSPS) is 15.4. The molecule has 0 atom stereocenters. The van der Waals surface area contributed by atoms with Crippen LogP contribution in [0.2, 0.25) is 0 Å². The van der Waals surface area contributed by atoms with Crippen LogP contribution in [0, 0.1) is 0 Å².